The fraction of sp³-hybridized carbons (Fsp3) is 0.0833. The zero-order chi connectivity index (χ0) is 11.8. The Morgan fingerprint density at radius 2 is 2.12 bits per heavy atom. The van der Waals surface area contributed by atoms with E-state index >= 15 is 0 Å². The zero-order valence-corrected chi connectivity index (χ0v) is 9.88. The number of aromatic nitrogens is 3. The quantitative estimate of drug-likeness (QED) is 0.711. The third kappa shape index (κ3) is 1.42. The minimum atomic E-state index is 0.347. The van der Waals surface area contributed by atoms with E-state index in [2.05, 4.69) is 27.5 Å². The number of nitrogens with zero attached hydrogens (tertiary/aromatic N) is 3. The van der Waals surface area contributed by atoms with Crippen LogP contribution in [0.1, 0.15) is 11.3 Å². The predicted molar refractivity (Wildman–Crippen MR) is 66.7 cm³/mol. The second kappa shape index (κ2) is 3.68. The van der Waals surface area contributed by atoms with Crippen LogP contribution in [0.15, 0.2) is 24.3 Å². The van der Waals surface area contributed by atoms with E-state index in [0.29, 0.717) is 11.4 Å². The van der Waals surface area contributed by atoms with Gasteiger partial charge >= 0.3 is 0 Å². The van der Waals surface area contributed by atoms with Gasteiger partial charge in [-0.2, -0.15) is 15.6 Å². The lowest BCUT2D eigenvalue weighted by Gasteiger charge is -1.93. The van der Waals surface area contributed by atoms with Gasteiger partial charge in [0.1, 0.15) is 11.8 Å². The minimum absolute atomic E-state index is 0.347. The van der Waals surface area contributed by atoms with Crippen molar-refractivity contribution < 1.29 is 0 Å². The number of rotatable bonds is 1. The molecule has 0 amide bonds. The standard InChI is InChI=1S/C12H8N4S/c1-7-8-4-2-3-5-10(8)17-12(7)11-9(6-13)14-16-15-11/h2-5H,1H3,(H,14,15,16). The van der Waals surface area contributed by atoms with Crippen LogP contribution in [0.3, 0.4) is 0 Å². The fourth-order valence-corrected chi connectivity index (χ4v) is 3.07. The molecule has 0 spiro atoms. The zero-order valence-electron chi connectivity index (χ0n) is 9.06. The summed E-state index contributed by atoms with van der Waals surface area (Å²) in [5.41, 5.74) is 2.14. The van der Waals surface area contributed by atoms with Crippen LogP contribution in [-0.4, -0.2) is 15.4 Å². The van der Waals surface area contributed by atoms with Gasteiger partial charge in [-0.25, -0.2) is 0 Å². The topological polar surface area (TPSA) is 65.4 Å². The van der Waals surface area contributed by atoms with Crippen molar-refractivity contribution in [2.75, 3.05) is 0 Å². The first-order chi connectivity index (χ1) is 8.31. The van der Waals surface area contributed by atoms with E-state index in [4.69, 9.17) is 5.26 Å². The summed E-state index contributed by atoms with van der Waals surface area (Å²) in [7, 11) is 0. The van der Waals surface area contributed by atoms with Gasteiger partial charge in [0.2, 0.25) is 0 Å². The highest BCUT2D eigenvalue weighted by molar-refractivity contribution is 7.22. The Morgan fingerprint density at radius 1 is 1.29 bits per heavy atom. The summed E-state index contributed by atoms with van der Waals surface area (Å²) in [4.78, 5) is 1.01. The highest BCUT2D eigenvalue weighted by Gasteiger charge is 2.16. The van der Waals surface area contributed by atoms with E-state index < -0.39 is 0 Å². The number of benzene rings is 1. The smallest absolute Gasteiger partial charge is 0.191 e. The van der Waals surface area contributed by atoms with Gasteiger partial charge in [-0.1, -0.05) is 18.2 Å². The summed E-state index contributed by atoms with van der Waals surface area (Å²) in [5.74, 6) is 0. The van der Waals surface area contributed by atoms with E-state index in [1.807, 2.05) is 25.1 Å². The molecule has 1 N–H and O–H groups in total. The Hall–Kier alpha value is -2.19. The van der Waals surface area contributed by atoms with Crippen molar-refractivity contribution in [3.8, 4) is 16.6 Å². The highest BCUT2D eigenvalue weighted by Crippen LogP contribution is 2.37. The lowest BCUT2D eigenvalue weighted by atomic mass is 10.1. The van der Waals surface area contributed by atoms with Crippen molar-refractivity contribution in [3.05, 3.63) is 35.5 Å². The van der Waals surface area contributed by atoms with Gasteiger partial charge in [-0.3, -0.25) is 0 Å². The van der Waals surface area contributed by atoms with Crippen LogP contribution < -0.4 is 0 Å². The van der Waals surface area contributed by atoms with Crippen LogP contribution in [0.2, 0.25) is 0 Å². The number of aromatic amines is 1. The van der Waals surface area contributed by atoms with Gasteiger partial charge in [0.25, 0.3) is 0 Å². The van der Waals surface area contributed by atoms with E-state index in [0.717, 1.165) is 10.4 Å². The Balaban J connectivity index is 2.32. The van der Waals surface area contributed by atoms with E-state index in [-0.39, 0.29) is 0 Å². The highest BCUT2D eigenvalue weighted by atomic mass is 32.1. The van der Waals surface area contributed by atoms with E-state index in [9.17, 15) is 0 Å². The number of aryl methyl sites for hydroxylation is 1. The average molecular weight is 240 g/mol. The Morgan fingerprint density at radius 3 is 2.88 bits per heavy atom. The normalized spacial score (nSPS) is 10.6. The van der Waals surface area contributed by atoms with Gasteiger partial charge in [0.15, 0.2) is 5.69 Å². The molecule has 0 aliphatic rings. The van der Waals surface area contributed by atoms with E-state index in [1.54, 1.807) is 11.3 Å². The number of hydrogen-bond acceptors (Lipinski definition) is 4. The lowest BCUT2D eigenvalue weighted by molar-refractivity contribution is 0.937. The van der Waals surface area contributed by atoms with Crippen molar-refractivity contribution >= 4 is 21.4 Å². The van der Waals surface area contributed by atoms with Gasteiger partial charge in [0, 0.05) is 4.70 Å². The molecule has 3 rings (SSSR count). The van der Waals surface area contributed by atoms with Crippen molar-refractivity contribution in [2.45, 2.75) is 6.92 Å². The molecule has 0 aliphatic heterocycles. The molecule has 5 heteroatoms. The number of hydrogen-bond donors (Lipinski definition) is 1. The lowest BCUT2D eigenvalue weighted by Crippen LogP contribution is -1.81. The van der Waals surface area contributed by atoms with Crippen LogP contribution in [0.4, 0.5) is 0 Å². The van der Waals surface area contributed by atoms with Gasteiger partial charge in [-0.05, 0) is 23.9 Å². The molecule has 4 nitrogen and oxygen atoms in total. The van der Waals surface area contributed by atoms with Gasteiger partial charge in [-0.15, -0.1) is 16.4 Å². The molecule has 0 bridgehead atoms. The molecule has 2 heterocycles. The average Bonchev–Trinajstić information content (AvgIpc) is 2.94. The first-order valence-electron chi connectivity index (χ1n) is 5.10. The molecule has 0 radical (unpaired) electrons. The molecule has 2 aromatic heterocycles. The summed E-state index contributed by atoms with van der Waals surface area (Å²) in [6.07, 6.45) is 0. The second-order valence-electron chi connectivity index (χ2n) is 3.68. The number of fused-ring (bicyclic) bond motifs is 1. The molecule has 1 aromatic carbocycles. The van der Waals surface area contributed by atoms with Crippen molar-refractivity contribution in [3.63, 3.8) is 0 Å². The van der Waals surface area contributed by atoms with Crippen LogP contribution in [0, 0.1) is 18.3 Å². The van der Waals surface area contributed by atoms with Crippen LogP contribution in [0.5, 0.6) is 0 Å². The Labute approximate surface area is 102 Å². The van der Waals surface area contributed by atoms with Crippen LogP contribution in [0.25, 0.3) is 20.7 Å². The van der Waals surface area contributed by atoms with E-state index in [1.165, 1.54) is 10.1 Å². The molecule has 0 unspecified atom stereocenters. The van der Waals surface area contributed by atoms with Crippen molar-refractivity contribution in [1.29, 1.82) is 5.26 Å². The summed E-state index contributed by atoms with van der Waals surface area (Å²) >= 11 is 1.64. The molecule has 0 saturated carbocycles. The molecular weight excluding hydrogens is 232 g/mol. The Kier molecular flexibility index (Phi) is 2.16. The summed E-state index contributed by atoms with van der Waals surface area (Å²) < 4.78 is 1.20. The molecule has 0 aliphatic carbocycles. The maximum atomic E-state index is 8.97. The maximum Gasteiger partial charge on any atom is 0.191 e. The molecule has 82 valence electrons. The molecular formula is C12H8N4S. The van der Waals surface area contributed by atoms with Gasteiger partial charge < -0.3 is 0 Å². The van der Waals surface area contributed by atoms with Gasteiger partial charge in [0.05, 0.1) is 4.88 Å². The minimum Gasteiger partial charge on any atom is -0.196 e. The van der Waals surface area contributed by atoms with Crippen LogP contribution in [-0.2, 0) is 0 Å². The SMILES string of the molecule is Cc1c(-c2n[nH]nc2C#N)sc2ccccc12. The Bertz CT molecular complexity index is 732. The number of thiophene rings is 1. The molecule has 0 atom stereocenters. The van der Waals surface area contributed by atoms with Crippen molar-refractivity contribution in [1.82, 2.24) is 15.4 Å². The number of nitriles is 1. The first kappa shape index (κ1) is 10.00. The van der Waals surface area contributed by atoms with Crippen LogP contribution >= 0.6 is 11.3 Å². The molecule has 0 saturated heterocycles. The largest absolute Gasteiger partial charge is 0.196 e. The molecule has 0 fully saturated rings. The summed E-state index contributed by atoms with van der Waals surface area (Å²) in [5, 5.41) is 20.6. The van der Waals surface area contributed by atoms with Crippen molar-refractivity contribution in [2.24, 2.45) is 0 Å². The number of nitrogens with one attached hydrogen (secondary N) is 1. The monoisotopic (exact) mass is 240 g/mol. The number of H-pyrrole nitrogens is 1. The third-order valence-electron chi connectivity index (χ3n) is 2.71. The fourth-order valence-electron chi connectivity index (χ4n) is 1.87. The predicted octanol–water partition coefficient (Wildman–Crippen LogP) is 2.87. The summed E-state index contributed by atoms with van der Waals surface area (Å²) in [6, 6.07) is 10.2. The third-order valence-corrected chi connectivity index (χ3v) is 3.99. The molecule has 3 aromatic rings. The first-order valence-corrected chi connectivity index (χ1v) is 5.92. The molecule has 17 heavy (non-hydrogen) atoms. The second-order valence-corrected chi connectivity index (χ2v) is 4.74. The maximum absolute atomic E-state index is 8.97. The summed E-state index contributed by atoms with van der Waals surface area (Å²) in [6.45, 7) is 2.05.